The smallest absolute Gasteiger partial charge is 0.337 e. The van der Waals surface area contributed by atoms with Crippen LogP contribution in [0.25, 0.3) is 0 Å². The highest BCUT2D eigenvalue weighted by molar-refractivity contribution is 5.95. The van der Waals surface area contributed by atoms with Crippen LogP contribution in [0.15, 0.2) is 36.4 Å². The van der Waals surface area contributed by atoms with Crippen molar-refractivity contribution < 1.29 is 14.6 Å². The van der Waals surface area contributed by atoms with Gasteiger partial charge in [-0.2, -0.15) is 5.26 Å². The number of hydrogen-bond acceptors (Lipinski definition) is 4. The van der Waals surface area contributed by atoms with Gasteiger partial charge in [0.1, 0.15) is 11.5 Å². The number of nitrogens with zero attached hydrogens (tertiary/aromatic N) is 1. The van der Waals surface area contributed by atoms with Crippen molar-refractivity contribution >= 4 is 11.7 Å². The highest BCUT2D eigenvalue weighted by Gasteiger charge is 2.12. The first-order chi connectivity index (χ1) is 9.51. The number of nitrogens with two attached hydrogens (primary N) is 1. The first-order valence-corrected chi connectivity index (χ1v) is 5.82. The maximum atomic E-state index is 11.1. The van der Waals surface area contributed by atoms with Crippen molar-refractivity contribution in [1.82, 2.24) is 0 Å². The van der Waals surface area contributed by atoms with Crippen molar-refractivity contribution in [2.45, 2.75) is 6.92 Å². The van der Waals surface area contributed by atoms with E-state index < -0.39 is 5.97 Å². The van der Waals surface area contributed by atoms with Gasteiger partial charge in [-0.15, -0.1) is 0 Å². The number of aryl methyl sites for hydroxylation is 1. The number of rotatable bonds is 3. The van der Waals surface area contributed by atoms with E-state index in [2.05, 4.69) is 0 Å². The summed E-state index contributed by atoms with van der Waals surface area (Å²) in [6, 6.07) is 11.6. The maximum absolute atomic E-state index is 11.1. The molecule has 0 amide bonds. The zero-order chi connectivity index (χ0) is 14.7. The summed E-state index contributed by atoms with van der Waals surface area (Å²) in [5.41, 5.74) is 7.01. The molecule has 0 aliphatic heterocycles. The molecule has 0 atom stereocenters. The molecule has 0 aliphatic rings. The molecular weight excluding hydrogens is 256 g/mol. The summed E-state index contributed by atoms with van der Waals surface area (Å²) in [5.74, 6) is -0.282. The Kier molecular flexibility index (Phi) is 3.58. The third-order valence-electron chi connectivity index (χ3n) is 2.79. The van der Waals surface area contributed by atoms with Gasteiger partial charge in [0.25, 0.3) is 0 Å². The molecule has 0 saturated heterocycles. The largest absolute Gasteiger partial charge is 0.478 e. The summed E-state index contributed by atoms with van der Waals surface area (Å²) in [6.45, 7) is 1.71. The summed E-state index contributed by atoms with van der Waals surface area (Å²) < 4.78 is 5.58. The summed E-state index contributed by atoms with van der Waals surface area (Å²) in [4.78, 5) is 11.1. The molecule has 2 rings (SSSR count). The average molecular weight is 268 g/mol. The normalized spacial score (nSPS) is 9.80. The minimum Gasteiger partial charge on any atom is -0.478 e. The summed E-state index contributed by atoms with van der Waals surface area (Å²) in [7, 11) is 0. The van der Waals surface area contributed by atoms with Gasteiger partial charge in [-0.05, 0) is 42.8 Å². The Morgan fingerprint density at radius 2 is 2.05 bits per heavy atom. The number of anilines is 1. The predicted molar refractivity (Wildman–Crippen MR) is 73.8 cm³/mol. The van der Waals surface area contributed by atoms with Crippen molar-refractivity contribution in [1.29, 1.82) is 5.26 Å². The highest BCUT2D eigenvalue weighted by atomic mass is 16.5. The van der Waals surface area contributed by atoms with Gasteiger partial charge in [0, 0.05) is 5.69 Å². The van der Waals surface area contributed by atoms with Crippen molar-refractivity contribution in [2.24, 2.45) is 0 Å². The van der Waals surface area contributed by atoms with Crippen LogP contribution in [0.3, 0.4) is 0 Å². The number of benzene rings is 2. The van der Waals surface area contributed by atoms with E-state index in [0.29, 0.717) is 22.6 Å². The van der Waals surface area contributed by atoms with Crippen LogP contribution < -0.4 is 10.5 Å². The zero-order valence-corrected chi connectivity index (χ0v) is 10.8. The lowest BCUT2D eigenvalue weighted by molar-refractivity contribution is 0.0697. The Hall–Kier alpha value is -3.00. The molecule has 2 aromatic carbocycles. The summed E-state index contributed by atoms with van der Waals surface area (Å²) >= 11 is 0. The predicted octanol–water partition coefficient (Wildman–Crippen LogP) is 2.94. The molecule has 0 heterocycles. The second-order valence-corrected chi connectivity index (χ2v) is 4.25. The van der Waals surface area contributed by atoms with Crippen LogP contribution in [0.4, 0.5) is 5.69 Å². The topological polar surface area (TPSA) is 96.3 Å². The van der Waals surface area contributed by atoms with Crippen molar-refractivity contribution in [3.8, 4) is 17.6 Å². The number of hydrogen-bond donors (Lipinski definition) is 2. The summed E-state index contributed by atoms with van der Waals surface area (Å²) in [6.07, 6.45) is 0. The molecule has 20 heavy (non-hydrogen) atoms. The Morgan fingerprint density at radius 1 is 1.30 bits per heavy atom. The average Bonchev–Trinajstić information content (AvgIpc) is 2.42. The van der Waals surface area contributed by atoms with Crippen LogP contribution in [0.2, 0.25) is 0 Å². The molecule has 0 aliphatic carbocycles. The molecule has 0 bridgehead atoms. The van der Waals surface area contributed by atoms with Gasteiger partial charge >= 0.3 is 5.97 Å². The van der Waals surface area contributed by atoms with E-state index in [1.807, 2.05) is 6.07 Å². The van der Waals surface area contributed by atoms with Gasteiger partial charge in [0.15, 0.2) is 0 Å². The van der Waals surface area contributed by atoms with E-state index in [0.717, 1.165) is 0 Å². The number of aromatic carboxylic acids is 1. The number of carboxylic acids is 1. The van der Waals surface area contributed by atoms with Gasteiger partial charge < -0.3 is 15.6 Å². The number of nitriles is 1. The Morgan fingerprint density at radius 3 is 2.70 bits per heavy atom. The second-order valence-electron chi connectivity index (χ2n) is 4.25. The molecule has 100 valence electrons. The van der Waals surface area contributed by atoms with Crippen LogP contribution in [0.5, 0.6) is 11.5 Å². The highest BCUT2D eigenvalue weighted by Crippen LogP contribution is 2.28. The van der Waals surface area contributed by atoms with Gasteiger partial charge in [-0.1, -0.05) is 6.07 Å². The molecule has 0 radical (unpaired) electrons. The molecule has 0 saturated carbocycles. The zero-order valence-electron chi connectivity index (χ0n) is 10.8. The van der Waals surface area contributed by atoms with Crippen LogP contribution in [-0.4, -0.2) is 11.1 Å². The third kappa shape index (κ3) is 2.70. The molecule has 3 N–H and O–H groups in total. The number of carboxylic acid groups (broad SMARTS) is 1. The molecule has 0 spiro atoms. The number of ether oxygens (including phenoxy) is 1. The lowest BCUT2D eigenvalue weighted by Gasteiger charge is -2.10. The third-order valence-corrected chi connectivity index (χ3v) is 2.79. The van der Waals surface area contributed by atoms with Crippen molar-refractivity contribution in [3.05, 3.63) is 53.1 Å². The molecule has 0 unspecified atom stereocenters. The van der Waals surface area contributed by atoms with E-state index in [1.54, 1.807) is 37.3 Å². The minimum atomic E-state index is -1.11. The Bertz CT molecular complexity index is 718. The van der Waals surface area contributed by atoms with Gasteiger partial charge in [0.05, 0.1) is 17.2 Å². The van der Waals surface area contributed by atoms with Gasteiger partial charge in [0.2, 0.25) is 0 Å². The van der Waals surface area contributed by atoms with Crippen molar-refractivity contribution in [2.75, 3.05) is 5.73 Å². The fourth-order valence-corrected chi connectivity index (χ4v) is 1.77. The standard InChI is InChI=1S/C15H12N2O3/c1-9-5-12(7-13(14(9)17)15(18)19)20-11-4-2-3-10(6-11)8-16/h2-7H,17H2,1H3,(H,18,19). The first-order valence-electron chi connectivity index (χ1n) is 5.82. The first kappa shape index (κ1) is 13.4. The summed E-state index contributed by atoms with van der Waals surface area (Å²) in [5, 5.41) is 17.9. The monoisotopic (exact) mass is 268 g/mol. The molecule has 2 aromatic rings. The van der Waals surface area contributed by atoms with Gasteiger partial charge in [-0.3, -0.25) is 0 Å². The number of nitrogen functional groups attached to an aromatic ring is 1. The van der Waals surface area contributed by atoms with Crippen LogP contribution in [0, 0.1) is 18.3 Å². The fourth-order valence-electron chi connectivity index (χ4n) is 1.77. The van der Waals surface area contributed by atoms with E-state index in [1.165, 1.54) is 6.07 Å². The van der Waals surface area contributed by atoms with E-state index >= 15 is 0 Å². The lowest BCUT2D eigenvalue weighted by Crippen LogP contribution is -2.04. The van der Waals surface area contributed by atoms with E-state index in [9.17, 15) is 4.79 Å². The number of carbonyl (C=O) groups is 1. The van der Waals surface area contributed by atoms with Crippen LogP contribution in [0.1, 0.15) is 21.5 Å². The van der Waals surface area contributed by atoms with E-state index in [-0.39, 0.29) is 11.3 Å². The fraction of sp³-hybridized carbons (Fsp3) is 0.0667. The van der Waals surface area contributed by atoms with E-state index in [4.69, 9.17) is 20.8 Å². The quantitative estimate of drug-likeness (QED) is 0.834. The maximum Gasteiger partial charge on any atom is 0.337 e. The minimum absolute atomic E-state index is 0.00330. The molecular formula is C15H12N2O3. The van der Waals surface area contributed by atoms with Crippen LogP contribution in [-0.2, 0) is 0 Å². The Balaban J connectivity index is 2.39. The van der Waals surface area contributed by atoms with Crippen LogP contribution >= 0.6 is 0 Å². The Labute approximate surface area is 115 Å². The molecule has 5 nitrogen and oxygen atoms in total. The van der Waals surface area contributed by atoms with Crippen molar-refractivity contribution in [3.63, 3.8) is 0 Å². The lowest BCUT2D eigenvalue weighted by atomic mass is 10.1. The second kappa shape index (κ2) is 5.33. The molecule has 0 aromatic heterocycles. The molecule has 5 heteroatoms. The molecule has 0 fully saturated rings. The SMILES string of the molecule is Cc1cc(Oc2cccc(C#N)c2)cc(C(=O)O)c1N. The van der Waals surface area contributed by atoms with Gasteiger partial charge in [-0.25, -0.2) is 4.79 Å².